The number of nitrogens with two attached hydrogens (primary N) is 1. The Hall–Kier alpha value is -3.98. The lowest BCUT2D eigenvalue weighted by atomic mass is 10.1. The molecular weight excluding hydrogens is 408 g/mol. The van der Waals surface area contributed by atoms with Crippen LogP contribution in [0.25, 0.3) is 6.08 Å². The van der Waals surface area contributed by atoms with Crippen LogP contribution < -0.4 is 11.1 Å². The largest absolute Gasteiger partial charge is 0.480 e. The topological polar surface area (TPSA) is 126 Å². The lowest BCUT2D eigenvalue weighted by molar-refractivity contribution is -0.142. The number of carboxylic acid groups (broad SMARTS) is 1. The normalized spacial score (nSPS) is 18.8. The molecular formula is C23H24N6O3. The zero-order chi connectivity index (χ0) is 22.5. The molecule has 0 bridgehead atoms. The zero-order valence-corrected chi connectivity index (χ0v) is 17.3. The van der Waals surface area contributed by atoms with Crippen LogP contribution in [0.5, 0.6) is 0 Å². The molecule has 0 unspecified atom stereocenters. The van der Waals surface area contributed by atoms with Crippen molar-refractivity contribution in [2.24, 2.45) is 0 Å². The molecule has 9 heteroatoms. The third kappa shape index (κ3) is 5.01. The third-order valence-electron chi connectivity index (χ3n) is 5.42. The SMILES string of the molecule is Nc1ccccc1NC(=O)/C=C/c1cn([C@H]2C[C@H](C(=O)O)N(Cc3ccccc3)C2)nn1. The Kier molecular flexibility index (Phi) is 6.27. The fourth-order valence-electron chi connectivity index (χ4n) is 3.81. The molecule has 2 atom stereocenters. The molecule has 32 heavy (non-hydrogen) atoms. The van der Waals surface area contributed by atoms with Gasteiger partial charge in [-0.15, -0.1) is 5.10 Å². The number of para-hydroxylation sites is 2. The van der Waals surface area contributed by atoms with Crippen LogP contribution in [-0.4, -0.2) is 49.5 Å². The maximum atomic E-state index is 12.2. The Morgan fingerprint density at radius 3 is 2.66 bits per heavy atom. The molecule has 3 aromatic rings. The van der Waals surface area contributed by atoms with E-state index in [0.717, 1.165) is 5.56 Å². The minimum Gasteiger partial charge on any atom is -0.480 e. The van der Waals surface area contributed by atoms with Crippen molar-refractivity contribution in [3.8, 4) is 0 Å². The summed E-state index contributed by atoms with van der Waals surface area (Å²) in [5, 5.41) is 20.6. The molecule has 1 fully saturated rings. The summed E-state index contributed by atoms with van der Waals surface area (Å²) in [5.74, 6) is -1.18. The number of hydrogen-bond acceptors (Lipinski definition) is 6. The molecule has 164 valence electrons. The van der Waals surface area contributed by atoms with Gasteiger partial charge >= 0.3 is 5.97 Å². The van der Waals surface area contributed by atoms with Crippen LogP contribution in [0.4, 0.5) is 11.4 Å². The smallest absolute Gasteiger partial charge is 0.321 e. The van der Waals surface area contributed by atoms with Gasteiger partial charge in [0.05, 0.1) is 23.6 Å². The molecule has 0 aliphatic carbocycles. The van der Waals surface area contributed by atoms with Crippen molar-refractivity contribution in [1.29, 1.82) is 0 Å². The quantitative estimate of drug-likeness (QED) is 0.386. The molecule has 1 saturated heterocycles. The van der Waals surface area contributed by atoms with Crippen molar-refractivity contribution in [3.63, 3.8) is 0 Å². The minimum absolute atomic E-state index is 0.118. The van der Waals surface area contributed by atoms with Crippen LogP contribution in [0.3, 0.4) is 0 Å². The second-order valence-electron chi connectivity index (χ2n) is 7.69. The van der Waals surface area contributed by atoms with Crippen molar-refractivity contribution < 1.29 is 14.7 Å². The van der Waals surface area contributed by atoms with E-state index in [4.69, 9.17) is 5.73 Å². The molecule has 2 aromatic carbocycles. The number of carbonyl (C=O) groups excluding carboxylic acids is 1. The summed E-state index contributed by atoms with van der Waals surface area (Å²) in [6.45, 7) is 1.10. The van der Waals surface area contributed by atoms with Crippen molar-refractivity contribution in [2.75, 3.05) is 17.6 Å². The Labute approximate surface area is 185 Å². The Morgan fingerprint density at radius 1 is 1.16 bits per heavy atom. The van der Waals surface area contributed by atoms with E-state index >= 15 is 0 Å². The Morgan fingerprint density at radius 2 is 1.91 bits per heavy atom. The monoisotopic (exact) mass is 432 g/mol. The number of hydrogen-bond donors (Lipinski definition) is 3. The zero-order valence-electron chi connectivity index (χ0n) is 17.3. The van der Waals surface area contributed by atoms with Crippen molar-refractivity contribution in [3.05, 3.63) is 78.1 Å². The summed E-state index contributed by atoms with van der Waals surface area (Å²) in [6.07, 6.45) is 5.07. The van der Waals surface area contributed by atoms with E-state index in [1.165, 1.54) is 6.08 Å². The van der Waals surface area contributed by atoms with Gasteiger partial charge in [-0.25, -0.2) is 4.68 Å². The van der Waals surface area contributed by atoms with E-state index < -0.39 is 12.0 Å². The number of aromatic nitrogens is 3. The number of nitrogens with zero attached hydrogens (tertiary/aromatic N) is 4. The number of amides is 1. The van der Waals surface area contributed by atoms with Gasteiger partial charge in [-0.2, -0.15) is 0 Å². The molecule has 1 aromatic heterocycles. The van der Waals surface area contributed by atoms with Gasteiger partial charge in [-0.1, -0.05) is 47.7 Å². The molecule has 0 spiro atoms. The summed E-state index contributed by atoms with van der Waals surface area (Å²) in [5.41, 5.74) is 8.42. The van der Waals surface area contributed by atoms with Crippen molar-refractivity contribution >= 4 is 29.3 Å². The second kappa shape index (κ2) is 9.44. The summed E-state index contributed by atoms with van der Waals surface area (Å²) < 4.78 is 1.67. The van der Waals surface area contributed by atoms with Crippen LogP contribution in [-0.2, 0) is 16.1 Å². The number of anilines is 2. The van der Waals surface area contributed by atoms with Gasteiger partial charge in [-0.05, 0) is 30.2 Å². The lowest BCUT2D eigenvalue weighted by Gasteiger charge is -2.20. The van der Waals surface area contributed by atoms with E-state index in [-0.39, 0.29) is 11.9 Å². The van der Waals surface area contributed by atoms with Crippen LogP contribution in [0.15, 0.2) is 66.9 Å². The van der Waals surface area contributed by atoms with E-state index in [1.54, 1.807) is 41.2 Å². The van der Waals surface area contributed by atoms with Crippen LogP contribution in [0, 0.1) is 0 Å². The molecule has 1 aliphatic heterocycles. The number of likely N-dealkylation sites (tertiary alicyclic amines) is 1. The summed E-state index contributed by atoms with van der Waals surface area (Å²) in [6, 6.07) is 16.1. The Bertz CT molecular complexity index is 1130. The maximum absolute atomic E-state index is 12.2. The first-order valence-electron chi connectivity index (χ1n) is 10.3. The predicted octanol–water partition coefficient (Wildman–Crippen LogP) is 2.41. The lowest BCUT2D eigenvalue weighted by Crippen LogP contribution is -2.35. The van der Waals surface area contributed by atoms with Crippen LogP contribution >= 0.6 is 0 Å². The minimum atomic E-state index is -0.847. The number of carboxylic acids is 1. The van der Waals surface area contributed by atoms with Gasteiger partial charge in [0.1, 0.15) is 11.7 Å². The molecule has 0 radical (unpaired) electrons. The number of aliphatic carboxylic acids is 1. The first-order valence-corrected chi connectivity index (χ1v) is 10.3. The standard InChI is InChI=1S/C23H24N6O3/c24-19-8-4-5-9-20(19)25-22(30)11-10-17-14-29(27-26-17)18-12-21(23(31)32)28(15-18)13-16-6-2-1-3-7-16/h1-11,14,18,21H,12-13,15,24H2,(H,25,30)(H,31,32)/b11-10+/t18-,21+/m0/s1. The number of rotatable bonds is 7. The van der Waals surface area contributed by atoms with E-state index in [1.807, 2.05) is 35.2 Å². The predicted molar refractivity (Wildman–Crippen MR) is 120 cm³/mol. The molecule has 1 aliphatic rings. The Balaban J connectivity index is 1.40. The fraction of sp³-hybridized carbons (Fsp3) is 0.217. The highest BCUT2D eigenvalue weighted by Gasteiger charge is 2.38. The molecule has 1 amide bonds. The third-order valence-corrected chi connectivity index (χ3v) is 5.42. The number of carbonyl (C=O) groups is 2. The van der Waals surface area contributed by atoms with Crippen LogP contribution in [0.2, 0.25) is 0 Å². The van der Waals surface area contributed by atoms with E-state index in [2.05, 4.69) is 15.6 Å². The van der Waals surface area contributed by atoms with Gasteiger partial charge in [0.2, 0.25) is 5.91 Å². The average Bonchev–Trinajstić information content (AvgIpc) is 3.42. The number of benzene rings is 2. The average molecular weight is 432 g/mol. The summed E-state index contributed by atoms with van der Waals surface area (Å²) in [7, 11) is 0. The maximum Gasteiger partial charge on any atom is 0.321 e. The van der Waals surface area contributed by atoms with Gasteiger partial charge in [-0.3, -0.25) is 14.5 Å². The first kappa shape index (κ1) is 21.3. The molecule has 4 rings (SSSR count). The molecule has 9 nitrogen and oxygen atoms in total. The highest BCUT2D eigenvalue weighted by molar-refractivity contribution is 6.03. The van der Waals surface area contributed by atoms with Gasteiger partial charge < -0.3 is 16.2 Å². The molecule has 4 N–H and O–H groups in total. The number of nitrogens with one attached hydrogen (secondary N) is 1. The molecule has 2 heterocycles. The summed E-state index contributed by atoms with van der Waals surface area (Å²) >= 11 is 0. The van der Waals surface area contributed by atoms with Crippen molar-refractivity contribution in [2.45, 2.75) is 25.0 Å². The first-order chi connectivity index (χ1) is 15.5. The van der Waals surface area contributed by atoms with Gasteiger partial charge in [0, 0.05) is 19.2 Å². The summed E-state index contributed by atoms with van der Waals surface area (Å²) in [4.78, 5) is 25.9. The van der Waals surface area contributed by atoms with Crippen LogP contribution in [0.1, 0.15) is 23.7 Å². The van der Waals surface area contributed by atoms with Gasteiger partial charge in [0.15, 0.2) is 0 Å². The highest BCUT2D eigenvalue weighted by atomic mass is 16.4. The number of nitrogen functional groups attached to an aromatic ring is 1. The van der Waals surface area contributed by atoms with E-state index in [0.29, 0.717) is 36.6 Å². The van der Waals surface area contributed by atoms with Crippen molar-refractivity contribution in [1.82, 2.24) is 19.9 Å². The fourth-order valence-corrected chi connectivity index (χ4v) is 3.81. The van der Waals surface area contributed by atoms with E-state index in [9.17, 15) is 14.7 Å². The highest BCUT2D eigenvalue weighted by Crippen LogP contribution is 2.28. The second-order valence-corrected chi connectivity index (χ2v) is 7.69. The molecule has 0 saturated carbocycles. The van der Waals surface area contributed by atoms with Gasteiger partial charge in [0.25, 0.3) is 0 Å².